The number of hydrogen-bond donors (Lipinski definition) is 3. The monoisotopic (exact) mass is 369 g/mol. The molecule has 1 aliphatic rings. The van der Waals surface area contributed by atoms with E-state index in [-0.39, 0.29) is 11.9 Å². The lowest BCUT2D eigenvalue weighted by Crippen LogP contribution is -2.22. The molecule has 1 aromatic rings. The van der Waals surface area contributed by atoms with Crippen LogP contribution >= 0.6 is 0 Å². The second-order valence-corrected chi connectivity index (χ2v) is 7.01. The fourth-order valence-corrected chi connectivity index (χ4v) is 2.74. The van der Waals surface area contributed by atoms with Crippen LogP contribution in [-0.2, 0) is 4.74 Å². The first kappa shape index (κ1) is 20.7. The molecule has 0 amide bonds. The van der Waals surface area contributed by atoms with E-state index in [0.717, 1.165) is 36.6 Å². The van der Waals surface area contributed by atoms with Crippen molar-refractivity contribution in [1.82, 2.24) is 10.2 Å². The molecule has 0 saturated carbocycles. The van der Waals surface area contributed by atoms with Gasteiger partial charge in [0.25, 0.3) is 0 Å². The van der Waals surface area contributed by atoms with Crippen molar-refractivity contribution in [2.45, 2.75) is 25.8 Å². The lowest BCUT2D eigenvalue weighted by atomic mass is 10.1. The molecule has 0 fully saturated rings. The van der Waals surface area contributed by atoms with Crippen LogP contribution in [0.3, 0.4) is 0 Å². The first-order valence-electron chi connectivity index (χ1n) is 9.31. The van der Waals surface area contributed by atoms with Gasteiger partial charge >= 0.3 is 0 Å². The number of nitrogens with one attached hydrogen (secondary N) is 3. The summed E-state index contributed by atoms with van der Waals surface area (Å²) in [7, 11) is 4.11. The lowest BCUT2D eigenvalue weighted by molar-refractivity contribution is 0.282. The highest BCUT2D eigenvalue weighted by molar-refractivity contribution is 5.99. The maximum atomic E-state index is 7.86. The van der Waals surface area contributed by atoms with E-state index in [1.165, 1.54) is 5.56 Å². The van der Waals surface area contributed by atoms with Gasteiger partial charge in [-0.3, -0.25) is 10.4 Å². The topological polar surface area (TPSA) is 72.7 Å². The molecule has 0 spiro atoms. The van der Waals surface area contributed by atoms with Gasteiger partial charge in [0.05, 0.1) is 19.2 Å². The van der Waals surface area contributed by atoms with Gasteiger partial charge in [0, 0.05) is 17.5 Å². The minimum atomic E-state index is 0.137. The van der Waals surface area contributed by atoms with E-state index in [4.69, 9.17) is 10.1 Å². The quantitative estimate of drug-likeness (QED) is 0.335. The zero-order valence-electron chi connectivity index (χ0n) is 16.6. The zero-order chi connectivity index (χ0) is 19.6. The highest BCUT2D eigenvalue weighted by Gasteiger charge is 2.17. The van der Waals surface area contributed by atoms with E-state index in [0.29, 0.717) is 13.2 Å². The Morgan fingerprint density at radius 1 is 1.44 bits per heavy atom. The van der Waals surface area contributed by atoms with E-state index >= 15 is 0 Å². The van der Waals surface area contributed by atoms with Crippen LogP contribution in [-0.4, -0.2) is 50.4 Å². The summed E-state index contributed by atoms with van der Waals surface area (Å²) in [6, 6.07) is 8.37. The van der Waals surface area contributed by atoms with E-state index < -0.39 is 0 Å². The van der Waals surface area contributed by atoms with Gasteiger partial charge in [-0.15, -0.1) is 0 Å². The number of aliphatic imine (C=N–C) groups is 1. The minimum absolute atomic E-state index is 0.137. The Labute approximate surface area is 162 Å². The fourth-order valence-electron chi connectivity index (χ4n) is 2.74. The van der Waals surface area contributed by atoms with Crippen molar-refractivity contribution in [1.29, 1.82) is 5.41 Å². The molecule has 1 heterocycles. The number of anilines is 1. The van der Waals surface area contributed by atoms with Gasteiger partial charge in [0.1, 0.15) is 5.84 Å². The molecular formula is C21H31N5O. The van der Waals surface area contributed by atoms with Crippen molar-refractivity contribution < 1.29 is 4.74 Å². The smallest absolute Gasteiger partial charge is 0.205 e. The minimum Gasteiger partial charge on any atom is -0.478 e. The zero-order valence-corrected chi connectivity index (χ0v) is 16.6. The van der Waals surface area contributed by atoms with Crippen molar-refractivity contribution in [2.75, 3.05) is 39.1 Å². The molecule has 3 N–H and O–H groups in total. The first-order chi connectivity index (χ1) is 12.9. The third-order valence-corrected chi connectivity index (χ3v) is 4.06. The summed E-state index contributed by atoms with van der Waals surface area (Å²) in [6.07, 6.45) is 5.47. The molecule has 0 radical (unpaired) electrons. The summed E-state index contributed by atoms with van der Waals surface area (Å²) >= 11 is 0. The largest absolute Gasteiger partial charge is 0.478 e. The van der Waals surface area contributed by atoms with Crippen LogP contribution < -0.4 is 10.6 Å². The maximum absolute atomic E-state index is 7.86. The van der Waals surface area contributed by atoms with Crippen LogP contribution in [0, 0.1) is 5.41 Å². The normalized spacial score (nSPS) is 16.3. The summed E-state index contributed by atoms with van der Waals surface area (Å²) in [5, 5.41) is 14.5. The van der Waals surface area contributed by atoms with Crippen molar-refractivity contribution in [3.8, 4) is 0 Å². The standard InChI is InChI=1S/C21H31N5O/c1-16(2)24-18-9-7-8-17(14-18)19-15-23-21(25-19)11-10-20(22)27-13-6-5-12-26(3)4/h7-11,14,19,22,24H,1,5-6,12-13,15H2,2-4H3,(H,23,25)/b11-10-,22-20?. The fraction of sp³-hybridized carbons (Fsp3) is 0.429. The maximum Gasteiger partial charge on any atom is 0.205 e. The van der Waals surface area contributed by atoms with Gasteiger partial charge in [-0.2, -0.15) is 0 Å². The Hall–Kier alpha value is -2.60. The highest BCUT2D eigenvalue weighted by atomic mass is 16.5. The Balaban J connectivity index is 1.76. The van der Waals surface area contributed by atoms with Gasteiger partial charge in [0.15, 0.2) is 0 Å². The molecule has 27 heavy (non-hydrogen) atoms. The predicted octanol–water partition coefficient (Wildman–Crippen LogP) is 3.57. The molecule has 1 unspecified atom stereocenters. The number of allylic oxidation sites excluding steroid dienone is 1. The molecule has 0 aromatic heterocycles. The van der Waals surface area contributed by atoms with Gasteiger partial charge in [-0.25, -0.2) is 0 Å². The molecule has 6 nitrogen and oxygen atoms in total. The summed E-state index contributed by atoms with van der Waals surface area (Å²) in [4.78, 5) is 6.66. The average Bonchev–Trinajstić information content (AvgIpc) is 3.08. The number of nitrogens with zero attached hydrogens (tertiary/aromatic N) is 2. The Morgan fingerprint density at radius 3 is 3.00 bits per heavy atom. The van der Waals surface area contributed by atoms with Crippen molar-refractivity contribution >= 4 is 17.4 Å². The number of hydrogen-bond acceptors (Lipinski definition) is 6. The molecule has 1 aromatic carbocycles. The van der Waals surface area contributed by atoms with Crippen LogP contribution in [0.25, 0.3) is 0 Å². The van der Waals surface area contributed by atoms with E-state index in [1.807, 2.05) is 19.1 Å². The highest BCUT2D eigenvalue weighted by Crippen LogP contribution is 2.21. The molecule has 0 saturated heterocycles. The van der Waals surface area contributed by atoms with Gasteiger partial charge < -0.3 is 20.3 Å². The van der Waals surface area contributed by atoms with E-state index in [9.17, 15) is 0 Å². The molecule has 2 rings (SSSR count). The molecular weight excluding hydrogens is 338 g/mol. The number of rotatable bonds is 10. The number of unbranched alkanes of at least 4 members (excludes halogenated alkanes) is 1. The second-order valence-electron chi connectivity index (χ2n) is 7.01. The second kappa shape index (κ2) is 10.5. The molecule has 1 aliphatic heterocycles. The molecule has 6 heteroatoms. The van der Waals surface area contributed by atoms with Crippen LogP contribution in [0.4, 0.5) is 5.69 Å². The third-order valence-electron chi connectivity index (χ3n) is 4.06. The summed E-state index contributed by atoms with van der Waals surface area (Å²) in [6.45, 7) is 8.10. The first-order valence-corrected chi connectivity index (χ1v) is 9.31. The van der Waals surface area contributed by atoms with Gasteiger partial charge in [-0.05, 0) is 64.2 Å². The van der Waals surface area contributed by atoms with Crippen molar-refractivity contribution in [2.24, 2.45) is 4.99 Å². The molecule has 146 valence electrons. The number of amidine groups is 1. The van der Waals surface area contributed by atoms with Crippen LogP contribution in [0.15, 0.2) is 53.7 Å². The molecule has 1 atom stereocenters. The predicted molar refractivity (Wildman–Crippen MR) is 114 cm³/mol. The van der Waals surface area contributed by atoms with Crippen LogP contribution in [0.2, 0.25) is 0 Å². The Kier molecular flexibility index (Phi) is 8.07. The average molecular weight is 370 g/mol. The van der Waals surface area contributed by atoms with Crippen molar-refractivity contribution in [3.63, 3.8) is 0 Å². The summed E-state index contributed by atoms with van der Waals surface area (Å²) < 4.78 is 5.43. The Bertz CT molecular complexity index is 708. The van der Waals surface area contributed by atoms with E-state index in [1.54, 1.807) is 12.2 Å². The van der Waals surface area contributed by atoms with Crippen LogP contribution in [0.5, 0.6) is 0 Å². The van der Waals surface area contributed by atoms with Crippen LogP contribution in [0.1, 0.15) is 31.4 Å². The molecule has 0 aliphatic carbocycles. The summed E-state index contributed by atoms with van der Waals surface area (Å²) in [5.41, 5.74) is 3.10. The summed E-state index contributed by atoms with van der Waals surface area (Å²) in [5.74, 6) is 0.944. The SMILES string of the molecule is C=C(C)Nc1cccc(C2CN=C(/C=C\C(=N)OCCCCN(C)C)N2)c1. The van der Waals surface area contributed by atoms with Crippen molar-refractivity contribution in [3.05, 3.63) is 54.3 Å². The number of benzene rings is 1. The van der Waals surface area contributed by atoms with E-state index in [2.05, 4.69) is 53.3 Å². The molecule has 0 bridgehead atoms. The van der Waals surface area contributed by atoms with Gasteiger partial charge in [-0.1, -0.05) is 18.7 Å². The number of ether oxygens (including phenoxy) is 1. The third kappa shape index (κ3) is 7.66. The lowest BCUT2D eigenvalue weighted by Gasteiger charge is -2.13. The van der Waals surface area contributed by atoms with Gasteiger partial charge in [0.2, 0.25) is 5.90 Å². The Morgan fingerprint density at radius 2 is 2.26 bits per heavy atom.